The van der Waals surface area contributed by atoms with Gasteiger partial charge < -0.3 is 9.80 Å². The minimum absolute atomic E-state index is 0.00550. The van der Waals surface area contributed by atoms with Gasteiger partial charge in [-0.2, -0.15) is 0 Å². The topological polar surface area (TPSA) is 40.6 Å². The maximum absolute atomic E-state index is 12.8. The van der Waals surface area contributed by atoms with Gasteiger partial charge in [0, 0.05) is 18.7 Å². The summed E-state index contributed by atoms with van der Waals surface area (Å²) in [4.78, 5) is 29.0. The number of benzene rings is 2. The minimum atomic E-state index is -0.0378. The van der Waals surface area contributed by atoms with Crippen LogP contribution in [0.2, 0.25) is 0 Å². The molecule has 0 aromatic heterocycles. The lowest BCUT2D eigenvalue weighted by Crippen LogP contribution is -2.58. The highest BCUT2D eigenvalue weighted by molar-refractivity contribution is 5.98. The number of piperazine rings is 1. The molecule has 4 nitrogen and oxygen atoms in total. The molecule has 1 unspecified atom stereocenters. The molecule has 0 bridgehead atoms. The van der Waals surface area contributed by atoms with E-state index in [0.717, 1.165) is 17.7 Å². The van der Waals surface area contributed by atoms with Gasteiger partial charge in [0.05, 0.1) is 6.04 Å². The first-order valence-electron chi connectivity index (χ1n) is 9.40. The molecule has 0 spiro atoms. The monoisotopic (exact) mass is 362 g/mol. The molecule has 4 heteroatoms. The van der Waals surface area contributed by atoms with Crippen molar-refractivity contribution in [1.29, 1.82) is 0 Å². The zero-order valence-corrected chi connectivity index (χ0v) is 16.0. The maximum atomic E-state index is 12.8. The Morgan fingerprint density at radius 2 is 1.81 bits per heavy atom. The van der Waals surface area contributed by atoms with Gasteiger partial charge in [-0.05, 0) is 38.0 Å². The molecule has 1 fully saturated rings. The zero-order chi connectivity index (χ0) is 19.2. The van der Waals surface area contributed by atoms with E-state index in [0.29, 0.717) is 13.0 Å². The lowest BCUT2D eigenvalue weighted by atomic mass is 10.0. The van der Waals surface area contributed by atoms with Crippen LogP contribution in [-0.4, -0.2) is 35.8 Å². The molecule has 27 heavy (non-hydrogen) atoms. The van der Waals surface area contributed by atoms with Gasteiger partial charge in [0.25, 0.3) is 0 Å². The standard InChI is InChI=1S/C23H26N2O2/c1-3-4-10-22(26)25-17-23(27)24(20-13-11-18(2)12-14-20)16-21(25)15-19-8-6-5-7-9-19/h3-9,11-14,21H,10,15-17H2,1-2H3. The highest BCUT2D eigenvalue weighted by atomic mass is 16.2. The summed E-state index contributed by atoms with van der Waals surface area (Å²) < 4.78 is 0. The number of allylic oxidation sites excluding steroid dienone is 1. The predicted octanol–water partition coefficient (Wildman–Crippen LogP) is 3.75. The van der Waals surface area contributed by atoms with Crippen LogP contribution in [0.15, 0.2) is 66.7 Å². The Morgan fingerprint density at radius 3 is 2.48 bits per heavy atom. The lowest BCUT2D eigenvalue weighted by Gasteiger charge is -2.41. The van der Waals surface area contributed by atoms with E-state index in [1.54, 1.807) is 4.90 Å². The van der Waals surface area contributed by atoms with Gasteiger partial charge in [0.1, 0.15) is 6.54 Å². The number of hydrogen-bond acceptors (Lipinski definition) is 2. The Bertz CT molecular complexity index is 812. The van der Waals surface area contributed by atoms with E-state index >= 15 is 0 Å². The molecular formula is C23H26N2O2. The van der Waals surface area contributed by atoms with Crippen molar-refractivity contribution >= 4 is 17.5 Å². The fourth-order valence-electron chi connectivity index (χ4n) is 3.43. The summed E-state index contributed by atoms with van der Waals surface area (Å²) in [5, 5.41) is 0. The molecule has 1 heterocycles. The molecular weight excluding hydrogens is 336 g/mol. The van der Waals surface area contributed by atoms with Crippen molar-refractivity contribution in [1.82, 2.24) is 4.90 Å². The van der Waals surface area contributed by atoms with Crippen LogP contribution in [-0.2, 0) is 16.0 Å². The summed E-state index contributed by atoms with van der Waals surface area (Å²) in [6.07, 6.45) is 4.78. The van der Waals surface area contributed by atoms with E-state index in [1.165, 1.54) is 5.56 Å². The Kier molecular flexibility index (Phi) is 6.07. The van der Waals surface area contributed by atoms with Crippen molar-refractivity contribution in [2.75, 3.05) is 18.0 Å². The third kappa shape index (κ3) is 4.64. The quantitative estimate of drug-likeness (QED) is 0.760. The van der Waals surface area contributed by atoms with E-state index < -0.39 is 0 Å². The maximum Gasteiger partial charge on any atom is 0.246 e. The highest BCUT2D eigenvalue weighted by Crippen LogP contribution is 2.23. The first-order chi connectivity index (χ1) is 13.1. The zero-order valence-electron chi connectivity index (χ0n) is 16.0. The first-order valence-corrected chi connectivity index (χ1v) is 9.40. The number of hydrogen-bond donors (Lipinski definition) is 0. The van der Waals surface area contributed by atoms with Crippen LogP contribution < -0.4 is 4.90 Å². The number of rotatable bonds is 5. The molecule has 0 aliphatic carbocycles. The Balaban J connectivity index is 1.85. The van der Waals surface area contributed by atoms with Crippen LogP contribution >= 0.6 is 0 Å². The molecule has 2 aromatic carbocycles. The molecule has 2 aromatic rings. The largest absolute Gasteiger partial charge is 0.328 e. The number of amides is 2. The summed E-state index contributed by atoms with van der Waals surface area (Å²) in [7, 11) is 0. The predicted molar refractivity (Wildman–Crippen MR) is 109 cm³/mol. The van der Waals surface area contributed by atoms with Gasteiger partial charge in [0.15, 0.2) is 0 Å². The first kappa shape index (κ1) is 18.9. The third-order valence-corrected chi connectivity index (χ3v) is 4.95. The van der Waals surface area contributed by atoms with Gasteiger partial charge in [-0.15, -0.1) is 0 Å². The smallest absolute Gasteiger partial charge is 0.246 e. The fraction of sp³-hybridized carbons (Fsp3) is 0.304. The van der Waals surface area contributed by atoms with Crippen molar-refractivity contribution < 1.29 is 9.59 Å². The van der Waals surface area contributed by atoms with Gasteiger partial charge in [-0.1, -0.05) is 60.2 Å². The summed E-state index contributed by atoms with van der Waals surface area (Å²) in [5.74, 6) is -0.0251. The van der Waals surface area contributed by atoms with Crippen molar-refractivity contribution in [3.8, 4) is 0 Å². The average molecular weight is 362 g/mol. The SMILES string of the molecule is CC=CCC(=O)N1CC(=O)N(c2ccc(C)cc2)CC1Cc1ccccc1. The molecule has 0 saturated carbocycles. The second kappa shape index (κ2) is 8.67. The van der Waals surface area contributed by atoms with Gasteiger partial charge in [-0.3, -0.25) is 9.59 Å². The lowest BCUT2D eigenvalue weighted by molar-refractivity contribution is -0.139. The minimum Gasteiger partial charge on any atom is -0.328 e. The van der Waals surface area contributed by atoms with Crippen LogP contribution in [0, 0.1) is 6.92 Å². The molecule has 2 amide bonds. The number of nitrogens with zero attached hydrogens (tertiary/aromatic N) is 2. The number of anilines is 1. The molecule has 1 saturated heterocycles. The van der Waals surface area contributed by atoms with E-state index in [-0.39, 0.29) is 24.4 Å². The van der Waals surface area contributed by atoms with Gasteiger partial charge >= 0.3 is 0 Å². The molecule has 1 aliphatic heterocycles. The van der Waals surface area contributed by atoms with Crippen LogP contribution in [0.1, 0.15) is 24.5 Å². The molecule has 1 aliphatic rings. The summed E-state index contributed by atoms with van der Waals surface area (Å²) >= 11 is 0. The molecule has 0 N–H and O–H groups in total. The van der Waals surface area contributed by atoms with Gasteiger partial charge in [-0.25, -0.2) is 0 Å². The van der Waals surface area contributed by atoms with Crippen LogP contribution in [0.3, 0.4) is 0 Å². The Hall–Kier alpha value is -2.88. The summed E-state index contributed by atoms with van der Waals surface area (Å²) in [6.45, 7) is 4.57. The molecule has 0 radical (unpaired) electrons. The third-order valence-electron chi connectivity index (χ3n) is 4.95. The van der Waals surface area contributed by atoms with E-state index in [9.17, 15) is 9.59 Å². The second-order valence-electron chi connectivity index (χ2n) is 6.98. The summed E-state index contributed by atoms with van der Waals surface area (Å²) in [6, 6.07) is 18.1. The Morgan fingerprint density at radius 1 is 1.11 bits per heavy atom. The molecule has 140 valence electrons. The molecule has 3 rings (SSSR count). The summed E-state index contributed by atoms with van der Waals surface area (Å²) in [5.41, 5.74) is 3.22. The Labute approximate surface area is 161 Å². The van der Waals surface area contributed by atoms with Crippen molar-refractivity contribution in [3.63, 3.8) is 0 Å². The van der Waals surface area contributed by atoms with Crippen molar-refractivity contribution in [2.45, 2.75) is 32.7 Å². The number of aryl methyl sites for hydroxylation is 1. The van der Waals surface area contributed by atoms with E-state index in [2.05, 4.69) is 12.1 Å². The normalized spacial score (nSPS) is 17.6. The molecule has 1 atom stereocenters. The number of carbonyl (C=O) groups excluding carboxylic acids is 2. The van der Waals surface area contributed by atoms with Crippen LogP contribution in [0.4, 0.5) is 5.69 Å². The fourth-order valence-corrected chi connectivity index (χ4v) is 3.43. The highest BCUT2D eigenvalue weighted by Gasteiger charge is 2.35. The second-order valence-corrected chi connectivity index (χ2v) is 6.98. The van der Waals surface area contributed by atoms with Gasteiger partial charge in [0.2, 0.25) is 11.8 Å². The van der Waals surface area contributed by atoms with Crippen LogP contribution in [0.5, 0.6) is 0 Å². The van der Waals surface area contributed by atoms with E-state index in [4.69, 9.17) is 0 Å². The average Bonchev–Trinajstić information content (AvgIpc) is 2.68. The number of carbonyl (C=O) groups is 2. The van der Waals surface area contributed by atoms with Crippen LogP contribution in [0.25, 0.3) is 0 Å². The van der Waals surface area contributed by atoms with Crippen molar-refractivity contribution in [3.05, 3.63) is 77.9 Å². The van der Waals surface area contributed by atoms with Crippen molar-refractivity contribution in [2.24, 2.45) is 0 Å². The van der Waals surface area contributed by atoms with E-state index in [1.807, 2.05) is 73.4 Å².